The molecule has 3 aromatic rings. The molecule has 2 bridgehead atoms. The van der Waals surface area contributed by atoms with Crippen LogP contribution in [0.5, 0.6) is 0 Å². The number of allylic oxidation sites excluding steroid dienone is 4. The normalized spacial score (nSPS) is 35.5. The number of rotatable bonds is 8. The summed E-state index contributed by atoms with van der Waals surface area (Å²) in [5.74, 6) is -0.653. The lowest BCUT2D eigenvalue weighted by Crippen LogP contribution is -2.67. The van der Waals surface area contributed by atoms with Gasteiger partial charge in [-0.2, -0.15) is 13.2 Å². The maximum Gasteiger partial charge on any atom is 0.416 e. The fourth-order valence-corrected chi connectivity index (χ4v) is 12.3. The van der Waals surface area contributed by atoms with E-state index < -0.39 is 45.5 Å². The molecule has 0 saturated heterocycles. The van der Waals surface area contributed by atoms with Gasteiger partial charge in [-0.05, 0) is 104 Å². The first kappa shape index (κ1) is 36.3. The van der Waals surface area contributed by atoms with E-state index in [1.165, 1.54) is 12.1 Å². The second-order valence-electron chi connectivity index (χ2n) is 16.8. The topological polar surface area (TPSA) is 89.9 Å². The van der Waals surface area contributed by atoms with Crippen LogP contribution in [0, 0.1) is 33.5 Å². The number of aliphatic hydroxyl groups is 2. The molecule has 0 aliphatic heterocycles. The van der Waals surface area contributed by atoms with E-state index in [1.807, 2.05) is 53.9 Å². The molecular weight excluding hydrogens is 698 g/mol. The van der Waals surface area contributed by atoms with Gasteiger partial charge in [0.15, 0.2) is 5.78 Å². The van der Waals surface area contributed by atoms with Gasteiger partial charge in [-0.25, -0.2) is 4.79 Å². The van der Waals surface area contributed by atoms with Crippen molar-refractivity contribution >= 4 is 28.8 Å². The zero-order chi connectivity index (χ0) is 37.4. The van der Waals surface area contributed by atoms with Crippen LogP contribution in [0.3, 0.4) is 0 Å². The summed E-state index contributed by atoms with van der Waals surface area (Å²) < 4.78 is 41.7. The zero-order valence-electron chi connectivity index (χ0n) is 30.2. The van der Waals surface area contributed by atoms with Crippen LogP contribution >= 0.6 is 11.3 Å². The van der Waals surface area contributed by atoms with Gasteiger partial charge in [-0.3, -0.25) is 4.79 Å². The molecule has 2 spiro atoms. The molecule has 280 valence electrons. The Kier molecular flexibility index (Phi) is 8.67. The molecule has 53 heavy (non-hydrogen) atoms. The molecule has 0 radical (unpaired) electrons. The second-order valence-corrected chi connectivity index (χ2v) is 17.8. The van der Waals surface area contributed by atoms with Crippen molar-refractivity contribution in [1.82, 2.24) is 4.90 Å². The number of para-hydroxylation sites is 1. The maximum atomic E-state index is 14.8. The first-order valence-corrected chi connectivity index (χ1v) is 19.7. The van der Waals surface area contributed by atoms with E-state index in [2.05, 4.69) is 31.3 Å². The summed E-state index contributed by atoms with van der Waals surface area (Å²) in [5, 5.41) is 29.0. The predicted molar refractivity (Wildman–Crippen MR) is 199 cm³/mol. The third-order valence-corrected chi connectivity index (χ3v) is 15.3. The minimum atomic E-state index is -4.60. The number of urea groups is 1. The Morgan fingerprint density at radius 1 is 0.925 bits per heavy atom. The number of thiophene rings is 1. The molecule has 6 nitrogen and oxygen atoms in total. The van der Waals surface area contributed by atoms with E-state index in [1.54, 1.807) is 16.2 Å². The lowest BCUT2D eigenvalue weighted by atomic mass is 9.32. The predicted octanol–water partition coefficient (Wildman–Crippen LogP) is 9.32. The van der Waals surface area contributed by atoms with Gasteiger partial charge in [-0.1, -0.05) is 68.5 Å². The highest BCUT2D eigenvalue weighted by atomic mass is 32.1. The molecule has 1 aromatic heterocycles. The first-order valence-electron chi connectivity index (χ1n) is 18.8. The van der Waals surface area contributed by atoms with Gasteiger partial charge in [-0.15, -0.1) is 11.3 Å². The molecule has 10 heteroatoms. The van der Waals surface area contributed by atoms with Crippen LogP contribution in [0.2, 0.25) is 0 Å². The van der Waals surface area contributed by atoms with Gasteiger partial charge < -0.3 is 20.4 Å². The largest absolute Gasteiger partial charge is 0.416 e. The van der Waals surface area contributed by atoms with Crippen LogP contribution in [0.1, 0.15) is 79.6 Å². The standard InChI is InChI=1S/C43H47F3N2O4S/c1-38-17-13-31(49)25-40(38)20-21-42(33(26-40)36(50)28-8-6-9-29(24-28)43(44,45)46)34(38)14-18-39(2)35(42)15-19-41(39,52)27-48(22-16-32-12-7-23-53-32)37(51)47-30-10-4-3-5-11-30/h3-12,20-21,23-24,26,31,34-35,49,52H,13-19,22,25,27H2,1-2H3,(H,47,51)/t31?,34-,35-,38-,39+,40+,41-,42-/m1/s1. The number of Topliss-reactive ketones (excluding diaryl/α,β-unsaturated/α-hetero) is 1. The van der Waals surface area contributed by atoms with Gasteiger partial charge in [0, 0.05) is 44.5 Å². The number of fused-ring (bicyclic) bond motifs is 1. The number of alkyl halides is 3. The summed E-state index contributed by atoms with van der Waals surface area (Å²) in [7, 11) is 0. The van der Waals surface area contributed by atoms with E-state index >= 15 is 0 Å². The Morgan fingerprint density at radius 2 is 1.66 bits per heavy atom. The number of carbonyl (C=O) groups is 2. The molecular formula is C43H47F3N2O4S. The number of amides is 2. The summed E-state index contributed by atoms with van der Waals surface area (Å²) in [5.41, 5.74) is -3.48. The SMILES string of the molecule is C[C@]12CC[C@H]3[C@]4(C=C[C@@]5(C=C4C(=O)c4cccc(C(F)(F)F)c4)CC(O)CC[C@]35C)[C@@H]1CC[C@@]2(O)CN(CCc1cccs1)C(=O)Nc1ccccc1. The van der Waals surface area contributed by atoms with E-state index in [0.29, 0.717) is 62.8 Å². The number of carbonyl (C=O) groups excluding carboxylic acids is 2. The van der Waals surface area contributed by atoms with Crippen molar-refractivity contribution in [3.05, 3.63) is 112 Å². The minimum Gasteiger partial charge on any atom is -0.393 e. The van der Waals surface area contributed by atoms with Crippen molar-refractivity contribution in [2.45, 2.75) is 83.1 Å². The van der Waals surface area contributed by atoms with Gasteiger partial charge in [0.25, 0.3) is 0 Å². The van der Waals surface area contributed by atoms with Crippen LogP contribution in [-0.2, 0) is 12.6 Å². The number of ketones is 1. The van der Waals surface area contributed by atoms with E-state index in [4.69, 9.17) is 0 Å². The molecule has 3 fully saturated rings. The number of nitrogens with zero attached hydrogens (tertiary/aromatic N) is 1. The number of halogens is 3. The summed E-state index contributed by atoms with van der Waals surface area (Å²) in [6.07, 6.45) is 6.06. The fraction of sp³-hybridized carbons (Fsp3) is 0.488. The molecule has 3 saturated carbocycles. The number of hydrogen-bond donors (Lipinski definition) is 3. The van der Waals surface area contributed by atoms with Crippen LogP contribution in [0.25, 0.3) is 0 Å². The lowest BCUT2D eigenvalue weighted by Gasteiger charge is -2.71. The van der Waals surface area contributed by atoms with E-state index in [9.17, 15) is 33.0 Å². The summed E-state index contributed by atoms with van der Waals surface area (Å²) in [4.78, 5) is 31.7. The van der Waals surface area contributed by atoms with Crippen LogP contribution in [-0.4, -0.2) is 51.7 Å². The molecule has 1 unspecified atom stereocenters. The van der Waals surface area contributed by atoms with Crippen molar-refractivity contribution in [3.8, 4) is 0 Å². The van der Waals surface area contributed by atoms with Gasteiger partial charge in [0.05, 0.1) is 23.8 Å². The van der Waals surface area contributed by atoms with E-state index in [-0.39, 0.29) is 35.4 Å². The number of nitrogens with one attached hydrogen (secondary N) is 1. The summed E-state index contributed by atoms with van der Waals surface area (Å²) >= 11 is 1.63. The van der Waals surface area contributed by atoms with Crippen LogP contribution in [0.4, 0.5) is 23.7 Å². The molecule has 6 aliphatic rings. The second kappa shape index (κ2) is 12.7. The van der Waals surface area contributed by atoms with Crippen molar-refractivity contribution in [1.29, 1.82) is 0 Å². The Balaban J connectivity index is 1.19. The van der Waals surface area contributed by atoms with Gasteiger partial charge in [0.2, 0.25) is 0 Å². The number of benzene rings is 2. The molecule has 9 rings (SSSR count). The van der Waals surface area contributed by atoms with Crippen molar-refractivity contribution in [3.63, 3.8) is 0 Å². The smallest absolute Gasteiger partial charge is 0.393 e. The Labute approximate surface area is 312 Å². The average molecular weight is 745 g/mol. The van der Waals surface area contributed by atoms with Gasteiger partial charge >= 0.3 is 12.2 Å². The van der Waals surface area contributed by atoms with Crippen LogP contribution < -0.4 is 5.32 Å². The van der Waals surface area contributed by atoms with Crippen LogP contribution in [0.15, 0.2) is 95.9 Å². The summed E-state index contributed by atoms with van der Waals surface area (Å²) in [6, 6.07) is 17.7. The Morgan fingerprint density at radius 3 is 2.40 bits per heavy atom. The van der Waals surface area contributed by atoms with Crippen molar-refractivity contribution < 1.29 is 33.0 Å². The molecule has 8 atom stereocenters. The molecule has 1 heterocycles. The van der Waals surface area contributed by atoms with E-state index in [0.717, 1.165) is 23.4 Å². The van der Waals surface area contributed by atoms with Gasteiger partial charge in [0.1, 0.15) is 0 Å². The molecule has 3 N–H and O–H groups in total. The Hall–Kier alpha value is -3.73. The average Bonchev–Trinajstić information content (AvgIpc) is 3.75. The quantitative estimate of drug-likeness (QED) is 0.159. The minimum absolute atomic E-state index is 0.00696. The highest BCUT2D eigenvalue weighted by Gasteiger charge is 2.74. The van der Waals surface area contributed by atoms with Crippen molar-refractivity contribution in [2.24, 2.45) is 33.5 Å². The zero-order valence-corrected chi connectivity index (χ0v) is 31.0. The number of aliphatic hydroxyl groups excluding tert-OH is 1. The molecule has 6 aliphatic carbocycles. The maximum absolute atomic E-state index is 14.8. The number of hydrogen-bond acceptors (Lipinski definition) is 5. The highest BCUT2D eigenvalue weighted by molar-refractivity contribution is 7.09. The van der Waals surface area contributed by atoms with Crippen molar-refractivity contribution in [2.75, 3.05) is 18.4 Å². The number of anilines is 1. The first-order chi connectivity index (χ1) is 25.1. The highest BCUT2D eigenvalue weighted by Crippen LogP contribution is 2.78. The Bertz CT molecular complexity index is 1960. The fourth-order valence-electron chi connectivity index (χ4n) is 11.6. The summed E-state index contributed by atoms with van der Waals surface area (Å²) in [6.45, 7) is 4.88. The monoisotopic (exact) mass is 744 g/mol. The molecule has 2 aromatic carbocycles. The third-order valence-electron chi connectivity index (χ3n) is 14.4. The third kappa shape index (κ3) is 5.57. The lowest BCUT2D eigenvalue weighted by molar-refractivity contribution is -0.174. The molecule has 2 amide bonds.